The van der Waals surface area contributed by atoms with E-state index in [4.69, 9.17) is 0 Å². The molecule has 6 heteroatoms. The second-order valence-electron chi connectivity index (χ2n) is 4.98. The Morgan fingerprint density at radius 1 is 1.24 bits per heavy atom. The largest absolute Gasteiger partial charge is 0.314 e. The molecule has 21 heavy (non-hydrogen) atoms. The van der Waals surface area contributed by atoms with Gasteiger partial charge in [-0.05, 0) is 29.3 Å². The molecule has 1 aliphatic heterocycles. The zero-order valence-corrected chi connectivity index (χ0v) is 12.4. The van der Waals surface area contributed by atoms with Crippen LogP contribution in [0.25, 0.3) is 0 Å². The van der Waals surface area contributed by atoms with Gasteiger partial charge < -0.3 is 5.32 Å². The molecule has 0 saturated carbocycles. The Balaban J connectivity index is 0.00000161. The number of hydrogen-bond donors (Lipinski definition) is 1. The van der Waals surface area contributed by atoms with Gasteiger partial charge in [0.25, 0.3) is 0 Å². The van der Waals surface area contributed by atoms with Crippen molar-refractivity contribution < 1.29 is 4.39 Å². The highest BCUT2D eigenvalue weighted by atomic mass is 35.5. The summed E-state index contributed by atoms with van der Waals surface area (Å²) >= 11 is 0. The molecule has 0 aromatic carbocycles. The summed E-state index contributed by atoms with van der Waals surface area (Å²) in [5.74, 6) is -0.280. The number of pyridine rings is 2. The molecule has 0 bridgehead atoms. The molecule has 1 unspecified atom stereocenters. The molecule has 0 aliphatic carbocycles. The van der Waals surface area contributed by atoms with Crippen LogP contribution < -0.4 is 5.32 Å². The van der Waals surface area contributed by atoms with Gasteiger partial charge in [0.1, 0.15) is 5.82 Å². The van der Waals surface area contributed by atoms with E-state index in [0.717, 1.165) is 25.2 Å². The van der Waals surface area contributed by atoms with Crippen molar-refractivity contribution in [2.24, 2.45) is 0 Å². The van der Waals surface area contributed by atoms with Gasteiger partial charge in [0.2, 0.25) is 0 Å². The molecule has 1 fully saturated rings. The number of nitrogens with zero attached hydrogens (tertiary/aromatic N) is 3. The smallest absolute Gasteiger partial charge is 0.141 e. The Hall–Kier alpha value is -1.56. The molecule has 2 aromatic rings. The van der Waals surface area contributed by atoms with E-state index in [1.807, 2.05) is 24.5 Å². The normalized spacial score (nSPS) is 19.0. The van der Waals surface area contributed by atoms with Gasteiger partial charge in [0.15, 0.2) is 0 Å². The maximum Gasteiger partial charge on any atom is 0.141 e. The minimum Gasteiger partial charge on any atom is -0.314 e. The van der Waals surface area contributed by atoms with Crippen LogP contribution in [0.1, 0.15) is 17.2 Å². The maximum absolute atomic E-state index is 13.2. The molecule has 4 nitrogen and oxygen atoms in total. The molecule has 0 spiro atoms. The monoisotopic (exact) mass is 308 g/mol. The Kier molecular flexibility index (Phi) is 5.61. The van der Waals surface area contributed by atoms with Crippen LogP contribution in [-0.2, 0) is 6.54 Å². The van der Waals surface area contributed by atoms with E-state index in [2.05, 4.69) is 20.2 Å². The maximum atomic E-state index is 13.2. The van der Waals surface area contributed by atoms with Crippen molar-refractivity contribution in [3.05, 3.63) is 59.9 Å². The highest BCUT2D eigenvalue weighted by molar-refractivity contribution is 5.85. The second-order valence-corrected chi connectivity index (χ2v) is 4.98. The average Bonchev–Trinajstić information content (AvgIpc) is 2.49. The topological polar surface area (TPSA) is 41.1 Å². The zero-order chi connectivity index (χ0) is 13.8. The molecule has 1 saturated heterocycles. The highest BCUT2D eigenvalue weighted by Crippen LogP contribution is 2.23. The van der Waals surface area contributed by atoms with Gasteiger partial charge >= 0.3 is 0 Å². The standard InChI is InChI=1S/C15H17FN4.ClH/c16-14-7-12(8-19-9-14)11-20-6-5-18-10-15(20)13-1-3-17-4-2-13;/h1-4,7-9,15,18H,5-6,10-11H2;1H. The third kappa shape index (κ3) is 3.97. The van der Waals surface area contributed by atoms with Gasteiger partial charge in [0.05, 0.1) is 6.20 Å². The predicted octanol–water partition coefficient (Wildman–Crippen LogP) is 2.18. The lowest BCUT2D eigenvalue weighted by atomic mass is 10.0. The summed E-state index contributed by atoms with van der Waals surface area (Å²) in [6, 6.07) is 5.91. The van der Waals surface area contributed by atoms with E-state index in [1.165, 1.54) is 11.8 Å². The van der Waals surface area contributed by atoms with E-state index < -0.39 is 0 Å². The minimum absolute atomic E-state index is 0. The molecule has 3 rings (SSSR count). The van der Waals surface area contributed by atoms with Crippen LogP contribution in [0, 0.1) is 5.82 Å². The molecular formula is C15H18ClFN4. The number of halogens is 2. The van der Waals surface area contributed by atoms with Gasteiger partial charge in [-0.3, -0.25) is 14.9 Å². The summed E-state index contributed by atoms with van der Waals surface area (Å²) in [5, 5.41) is 3.41. The van der Waals surface area contributed by atoms with Crippen molar-refractivity contribution in [1.82, 2.24) is 20.2 Å². The van der Waals surface area contributed by atoms with Crippen LogP contribution in [-0.4, -0.2) is 34.5 Å². The summed E-state index contributed by atoms with van der Waals surface area (Å²) in [6.07, 6.45) is 6.59. The Morgan fingerprint density at radius 3 is 2.81 bits per heavy atom. The van der Waals surface area contributed by atoms with Crippen LogP contribution >= 0.6 is 12.4 Å². The van der Waals surface area contributed by atoms with Crippen LogP contribution in [0.3, 0.4) is 0 Å². The zero-order valence-electron chi connectivity index (χ0n) is 11.6. The van der Waals surface area contributed by atoms with E-state index >= 15 is 0 Å². The van der Waals surface area contributed by atoms with Gasteiger partial charge in [-0.2, -0.15) is 0 Å². The fraction of sp³-hybridized carbons (Fsp3) is 0.333. The van der Waals surface area contributed by atoms with E-state index in [1.54, 1.807) is 12.3 Å². The fourth-order valence-electron chi connectivity index (χ4n) is 2.63. The van der Waals surface area contributed by atoms with E-state index in [-0.39, 0.29) is 24.3 Å². The summed E-state index contributed by atoms with van der Waals surface area (Å²) in [5.41, 5.74) is 2.14. The van der Waals surface area contributed by atoms with Crippen molar-refractivity contribution in [3.8, 4) is 0 Å². The third-order valence-corrected chi connectivity index (χ3v) is 3.59. The molecule has 1 atom stereocenters. The lowest BCUT2D eigenvalue weighted by Gasteiger charge is -2.36. The number of rotatable bonds is 3. The molecule has 0 radical (unpaired) electrons. The van der Waals surface area contributed by atoms with Crippen molar-refractivity contribution in [1.29, 1.82) is 0 Å². The molecule has 0 amide bonds. The van der Waals surface area contributed by atoms with Crippen molar-refractivity contribution in [3.63, 3.8) is 0 Å². The van der Waals surface area contributed by atoms with Crippen molar-refractivity contribution in [2.75, 3.05) is 19.6 Å². The lowest BCUT2D eigenvalue weighted by Crippen LogP contribution is -2.45. The van der Waals surface area contributed by atoms with E-state index in [0.29, 0.717) is 6.54 Å². The van der Waals surface area contributed by atoms with Crippen molar-refractivity contribution in [2.45, 2.75) is 12.6 Å². The Bertz CT molecular complexity index is 567. The van der Waals surface area contributed by atoms with Gasteiger partial charge in [-0.1, -0.05) is 0 Å². The molecule has 2 aromatic heterocycles. The minimum atomic E-state index is -0.280. The average molecular weight is 309 g/mol. The molecule has 1 aliphatic rings. The van der Waals surface area contributed by atoms with E-state index in [9.17, 15) is 4.39 Å². The molecule has 1 N–H and O–H groups in total. The van der Waals surface area contributed by atoms with Crippen LogP contribution in [0.15, 0.2) is 43.0 Å². The summed E-state index contributed by atoms with van der Waals surface area (Å²) in [7, 11) is 0. The third-order valence-electron chi connectivity index (χ3n) is 3.59. The van der Waals surface area contributed by atoms with Crippen LogP contribution in [0.2, 0.25) is 0 Å². The first kappa shape index (κ1) is 15.8. The summed E-state index contributed by atoms with van der Waals surface area (Å²) < 4.78 is 13.2. The van der Waals surface area contributed by atoms with Gasteiger partial charge in [-0.15, -0.1) is 12.4 Å². The summed E-state index contributed by atoms with van der Waals surface area (Å²) in [6.45, 7) is 3.49. The molecule has 112 valence electrons. The first-order valence-electron chi connectivity index (χ1n) is 6.77. The van der Waals surface area contributed by atoms with Crippen molar-refractivity contribution >= 4 is 12.4 Å². The Morgan fingerprint density at radius 2 is 2.05 bits per heavy atom. The summed E-state index contributed by atoms with van der Waals surface area (Å²) in [4.78, 5) is 10.3. The first-order valence-corrected chi connectivity index (χ1v) is 6.77. The highest BCUT2D eigenvalue weighted by Gasteiger charge is 2.23. The number of aromatic nitrogens is 2. The molecular weight excluding hydrogens is 291 g/mol. The van der Waals surface area contributed by atoms with Gasteiger partial charge in [0, 0.05) is 50.8 Å². The van der Waals surface area contributed by atoms with Crippen LogP contribution in [0.5, 0.6) is 0 Å². The molecule has 3 heterocycles. The number of piperazine rings is 1. The van der Waals surface area contributed by atoms with Crippen LogP contribution in [0.4, 0.5) is 4.39 Å². The second kappa shape index (κ2) is 7.45. The first-order chi connectivity index (χ1) is 9.83. The fourth-order valence-corrected chi connectivity index (χ4v) is 2.63. The SMILES string of the molecule is Cl.Fc1cncc(CN2CCNCC2c2ccncc2)c1. The number of nitrogens with one attached hydrogen (secondary N) is 1. The van der Waals surface area contributed by atoms with Gasteiger partial charge in [-0.25, -0.2) is 4.39 Å². The Labute approximate surface area is 129 Å². The predicted molar refractivity (Wildman–Crippen MR) is 81.7 cm³/mol. The quantitative estimate of drug-likeness (QED) is 0.943. The number of hydrogen-bond acceptors (Lipinski definition) is 4. The lowest BCUT2D eigenvalue weighted by molar-refractivity contribution is 0.153.